The number of benzene rings is 1. The first-order valence-corrected chi connectivity index (χ1v) is 10.5. The van der Waals surface area contributed by atoms with E-state index in [1.54, 1.807) is 0 Å². The van der Waals surface area contributed by atoms with Crippen molar-refractivity contribution < 1.29 is 23.8 Å². The molecule has 8 heteroatoms. The Labute approximate surface area is 170 Å². The van der Waals surface area contributed by atoms with E-state index in [0.717, 1.165) is 19.5 Å². The summed E-state index contributed by atoms with van der Waals surface area (Å²) >= 11 is 0. The molecule has 3 aliphatic rings. The number of rotatable bonds is 4. The van der Waals surface area contributed by atoms with Gasteiger partial charge in [-0.2, -0.15) is 0 Å². The van der Waals surface area contributed by atoms with Crippen molar-refractivity contribution in [2.75, 3.05) is 32.7 Å². The van der Waals surface area contributed by atoms with E-state index in [9.17, 15) is 19.1 Å². The van der Waals surface area contributed by atoms with Crippen LogP contribution in [0.4, 0.5) is 9.18 Å². The van der Waals surface area contributed by atoms with Gasteiger partial charge < -0.3 is 14.7 Å². The third-order valence-electron chi connectivity index (χ3n) is 6.34. The van der Waals surface area contributed by atoms with Gasteiger partial charge in [-0.25, -0.2) is 9.18 Å². The Morgan fingerprint density at radius 3 is 2.45 bits per heavy atom. The molecule has 7 nitrogen and oxygen atoms in total. The molecule has 3 fully saturated rings. The van der Waals surface area contributed by atoms with E-state index < -0.39 is 18.2 Å². The number of carbonyl (C=O) groups is 2. The number of halogens is 1. The molecule has 2 saturated heterocycles. The van der Waals surface area contributed by atoms with Crippen molar-refractivity contribution in [3.05, 3.63) is 30.1 Å². The molecule has 4 rings (SSSR count). The number of nitrogens with zero attached hydrogens (tertiary/aromatic N) is 3. The maximum atomic E-state index is 13.2. The van der Waals surface area contributed by atoms with Crippen molar-refractivity contribution in [3.63, 3.8) is 0 Å². The van der Waals surface area contributed by atoms with Crippen LogP contribution in [0.3, 0.4) is 0 Å². The SMILES string of the molecule is O=C([C@@H]1C[C@@H](Oc2ccc(F)cc2)CN1C(=O)O)N1CCCN(C2CCC2)CC1. The van der Waals surface area contributed by atoms with Crippen LogP contribution in [0, 0.1) is 5.82 Å². The van der Waals surface area contributed by atoms with Gasteiger partial charge in [-0.1, -0.05) is 6.42 Å². The summed E-state index contributed by atoms with van der Waals surface area (Å²) in [7, 11) is 0. The Hall–Kier alpha value is -2.35. The van der Waals surface area contributed by atoms with Crippen LogP contribution < -0.4 is 4.74 Å². The zero-order valence-electron chi connectivity index (χ0n) is 16.5. The molecule has 0 radical (unpaired) electrons. The highest BCUT2D eigenvalue weighted by molar-refractivity contribution is 5.86. The first-order valence-electron chi connectivity index (χ1n) is 10.5. The van der Waals surface area contributed by atoms with Gasteiger partial charge in [0.05, 0.1) is 6.54 Å². The Kier molecular flexibility index (Phi) is 5.89. The van der Waals surface area contributed by atoms with Crippen molar-refractivity contribution in [1.29, 1.82) is 0 Å². The van der Waals surface area contributed by atoms with E-state index in [1.165, 1.54) is 48.4 Å². The molecule has 2 atom stereocenters. The normalized spacial score (nSPS) is 26.1. The molecule has 0 bridgehead atoms. The molecule has 1 saturated carbocycles. The summed E-state index contributed by atoms with van der Waals surface area (Å²) < 4.78 is 18.9. The Bertz CT molecular complexity index is 740. The van der Waals surface area contributed by atoms with Gasteiger partial charge in [0.25, 0.3) is 0 Å². The number of amides is 2. The molecular formula is C21H28FN3O4. The predicted molar refractivity (Wildman–Crippen MR) is 104 cm³/mol. The molecule has 2 aliphatic heterocycles. The lowest BCUT2D eigenvalue weighted by atomic mass is 9.91. The van der Waals surface area contributed by atoms with E-state index in [0.29, 0.717) is 31.3 Å². The third-order valence-corrected chi connectivity index (χ3v) is 6.34. The van der Waals surface area contributed by atoms with Gasteiger partial charge in [-0.05, 0) is 43.5 Å². The van der Waals surface area contributed by atoms with Gasteiger partial charge in [0.15, 0.2) is 0 Å². The smallest absolute Gasteiger partial charge is 0.408 e. The molecule has 29 heavy (non-hydrogen) atoms. The van der Waals surface area contributed by atoms with Gasteiger partial charge >= 0.3 is 6.09 Å². The van der Waals surface area contributed by atoms with Crippen LogP contribution in [0.2, 0.25) is 0 Å². The summed E-state index contributed by atoms with van der Waals surface area (Å²) in [6.45, 7) is 3.28. The van der Waals surface area contributed by atoms with Gasteiger partial charge in [-0.3, -0.25) is 14.6 Å². The highest BCUT2D eigenvalue weighted by Crippen LogP contribution is 2.27. The zero-order valence-corrected chi connectivity index (χ0v) is 16.5. The predicted octanol–water partition coefficient (Wildman–Crippen LogP) is 2.41. The van der Waals surface area contributed by atoms with Crippen LogP contribution in [-0.4, -0.2) is 82.7 Å². The van der Waals surface area contributed by atoms with Gasteiger partial charge in [0.1, 0.15) is 23.7 Å². The minimum Gasteiger partial charge on any atom is -0.488 e. The van der Waals surface area contributed by atoms with Crippen LogP contribution in [-0.2, 0) is 4.79 Å². The molecule has 1 aromatic rings. The van der Waals surface area contributed by atoms with Crippen molar-refractivity contribution in [1.82, 2.24) is 14.7 Å². The van der Waals surface area contributed by atoms with Crippen molar-refractivity contribution in [2.24, 2.45) is 0 Å². The lowest BCUT2D eigenvalue weighted by molar-refractivity contribution is -0.135. The Morgan fingerprint density at radius 1 is 1.03 bits per heavy atom. The number of hydrogen-bond acceptors (Lipinski definition) is 4. The fourth-order valence-electron chi connectivity index (χ4n) is 4.52. The zero-order chi connectivity index (χ0) is 20.4. The molecule has 0 aromatic heterocycles. The maximum Gasteiger partial charge on any atom is 0.408 e. The van der Waals surface area contributed by atoms with Crippen molar-refractivity contribution >= 4 is 12.0 Å². The van der Waals surface area contributed by atoms with Crippen LogP contribution in [0.5, 0.6) is 5.75 Å². The van der Waals surface area contributed by atoms with Gasteiger partial charge in [0, 0.05) is 38.6 Å². The topological polar surface area (TPSA) is 73.3 Å². The minimum absolute atomic E-state index is 0.130. The second-order valence-corrected chi connectivity index (χ2v) is 8.18. The average molecular weight is 405 g/mol. The first-order chi connectivity index (χ1) is 14.0. The molecule has 0 unspecified atom stereocenters. The van der Waals surface area contributed by atoms with E-state index in [1.807, 2.05) is 4.90 Å². The summed E-state index contributed by atoms with van der Waals surface area (Å²) in [6.07, 6.45) is 3.46. The standard InChI is InChI=1S/C21H28FN3O4/c22-15-5-7-17(8-6-15)29-18-13-19(25(14-18)21(27)28)20(26)24-10-2-9-23(11-12-24)16-3-1-4-16/h5-8,16,18-19H,1-4,9-14H2,(H,27,28)/t18-,19+/m1/s1. The number of hydrogen-bond donors (Lipinski definition) is 1. The fourth-order valence-corrected chi connectivity index (χ4v) is 4.52. The third kappa shape index (κ3) is 4.47. The molecule has 0 spiro atoms. The molecule has 1 N–H and O–H groups in total. The number of carboxylic acid groups (broad SMARTS) is 1. The summed E-state index contributed by atoms with van der Waals surface area (Å²) in [5.74, 6) is -0.0186. The van der Waals surface area contributed by atoms with Gasteiger partial charge in [0.2, 0.25) is 5.91 Å². The van der Waals surface area contributed by atoms with Crippen molar-refractivity contribution in [2.45, 2.75) is 50.3 Å². The molecule has 158 valence electrons. The second-order valence-electron chi connectivity index (χ2n) is 8.18. The summed E-state index contributed by atoms with van der Waals surface area (Å²) in [4.78, 5) is 30.4. The first kappa shape index (κ1) is 19.9. The quantitative estimate of drug-likeness (QED) is 0.833. The lowest BCUT2D eigenvalue weighted by Crippen LogP contribution is -2.49. The maximum absolute atomic E-state index is 13.2. The molecular weight excluding hydrogens is 377 g/mol. The van der Waals surface area contributed by atoms with Gasteiger partial charge in [-0.15, -0.1) is 0 Å². The number of ether oxygens (including phenoxy) is 1. The lowest BCUT2D eigenvalue weighted by Gasteiger charge is -2.36. The second kappa shape index (κ2) is 8.57. The van der Waals surface area contributed by atoms with E-state index in [4.69, 9.17) is 4.74 Å². The highest BCUT2D eigenvalue weighted by Gasteiger charge is 2.43. The monoisotopic (exact) mass is 405 g/mol. The van der Waals surface area contributed by atoms with E-state index in [-0.39, 0.29) is 18.3 Å². The Morgan fingerprint density at radius 2 is 1.79 bits per heavy atom. The summed E-state index contributed by atoms with van der Waals surface area (Å²) in [5, 5.41) is 9.60. The molecule has 1 aromatic carbocycles. The highest BCUT2D eigenvalue weighted by atomic mass is 19.1. The summed E-state index contributed by atoms with van der Waals surface area (Å²) in [6, 6.07) is 5.55. The average Bonchev–Trinajstić information content (AvgIpc) is 2.93. The molecule has 2 heterocycles. The van der Waals surface area contributed by atoms with Crippen LogP contribution in [0.1, 0.15) is 32.1 Å². The molecule has 1 aliphatic carbocycles. The van der Waals surface area contributed by atoms with E-state index >= 15 is 0 Å². The van der Waals surface area contributed by atoms with E-state index in [2.05, 4.69) is 4.90 Å². The van der Waals surface area contributed by atoms with Crippen LogP contribution in [0.25, 0.3) is 0 Å². The van der Waals surface area contributed by atoms with Crippen LogP contribution in [0.15, 0.2) is 24.3 Å². The Balaban J connectivity index is 1.39. The van der Waals surface area contributed by atoms with Crippen LogP contribution >= 0.6 is 0 Å². The van der Waals surface area contributed by atoms with Crippen molar-refractivity contribution in [3.8, 4) is 5.75 Å². The summed E-state index contributed by atoms with van der Waals surface area (Å²) in [5.41, 5.74) is 0. The fraction of sp³-hybridized carbons (Fsp3) is 0.619. The minimum atomic E-state index is -1.11. The number of likely N-dealkylation sites (tertiary alicyclic amines) is 1. The number of carbonyl (C=O) groups excluding carboxylic acids is 1. The molecule has 2 amide bonds. The largest absolute Gasteiger partial charge is 0.488 e.